The molecule has 2 amide bonds. The van der Waals surface area contributed by atoms with Gasteiger partial charge in [0, 0.05) is 41.9 Å². The number of benzene rings is 3. The molecule has 0 fully saturated rings. The van der Waals surface area contributed by atoms with E-state index >= 15 is 0 Å². The van der Waals surface area contributed by atoms with Crippen LogP contribution in [-0.4, -0.2) is 45.0 Å². The van der Waals surface area contributed by atoms with Crippen molar-refractivity contribution in [3.63, 3.8) is 0 Å². The summed E-state index contributed by atoms with van der Waals surface area (Å²) >= 11 is 0. The Morgan fingerprint density at radius 3 is 2.21 bits per heavy atom. The van der Waals surface area contributed by atoms with Crippen molar-refractivity contribution in [2.24, 2.45) is 0 Å². The van der Waals surface area contributed by atoms with Crippen molar-refractivity contribution < 1.29 is 46.1 Å². The number of hydrogen-bond acceptors (Lipinski definition) is 4. The number of aromatic amines is 1. The number of phenols is 2. The molecule has 4 rings (SSSR count). The molecule has 1 heterocycles. The second-order valence-corrected chi connectivity index (χ2v) is 9.39. The molecule has 3 aromatic carbocycles. The quantitative estimate of drug-likeness (QED) is 0.0853. The van der Waals surface area contributed by atoms with E-state index in [1.54, 1.807) is 30.5 Å². The predicted molar refractivity (Wildman–Crippen MR) is 142 cm³/mol. The van der Waals surface area contributed by atoms with E-state index in [0.29, 0.717) is 17.7 Å². The SMILES string of the molecule is CN(C(=O)c1cc(C(F)(F)F)cc(C(F)(F)F)c1)C(C=CC(=O)Nc1ccc(O)cc1O)Cc1c[nH]c2ccccc12. The Morgan fingerprint density at radius 2 is 1.60 bits per heavy atom. The number of anilines is 1. The summed E-state index contributed by atoms with van der Waals surface area (Å²) in [5.74, 6) is -2.58. The van der Waals surface area contributed by atoms with Crippen LogP contribution in [0, 0.1) is 0 Å². The van der Waals surface area contributed by atoms with Crippen LogP contribution in [0.15, 0.2) is 79.0 Å². The minimum Gasteiger partial charge on any atom is -0.508 e. The molecule has 0 aliphatic carbocycles. The molecule has 1 atom stereocenters. The fourth-order valence-electron chi connectivity index (χ4n) is 4.29. The van der Waals surface area contributed by atoms with E-state index in [1.807, 2.05) is 0 Å². The van der Waals surface area contributed by atoms with Gasteiger partial charge < -0.3 is 25.4 Å². The van der Waals surface area contributed by atoms with Crippen molar-refractivity contribution >= 4 is 28.4 Å². The summed E-state index contributed by atoms with van der Waals surface area (Å²) in [5.41, 5.74) is -2.73. The van der Waals surface area contributed by atoms with E-state index in [0.717, 1.165) is 27.9 Å². The van der Waals surface area contributed by atoms with Gasteiger partial charge in [-0.1, -0.05) is 24.3 Å². The lowest BCUT2D eigenvalue weighted by atomic mass is 10.0. The molecule has 0 saturated carbocycles. The van der Waals surface area contributed by atoms with Crippen LogP contribution >= 0.6 is 0 Å². The number of nitrogens with one attached hydrogen (secondary N) is 2. The van der Waals surface area contributed by atoms with Crippen LogP contribution in [0.4, 0.5) is 32.0 Å². The first-order valence-corrected chi connectivity index (χ1v) is 12.3. The smallest absolute Gasteiger partial charge is 0.416 e. The lowest BCUT2D eigenvalue weighted by Gasteiger charge is -2.27. The van der Waals surface area contributed by atoms with Gasteiger partial charge >= 0.3 is 12.4 Å². The highest BCUT2D eigenvalue weighted by atomic mass is 19.4. The van der Waals surface area contributed by atoms with Gasteiger partial charge in [-0.3, -0.25) is 9.59 Å². The van der Waals surface area contributed by atoms with Crippen molar-refractivity contribution in [3.8, 4) is 11.5 Å². The summed E-state index contributed by atoms with van der Waals surface area (Å²) in [6.45, 7) is 0. The monoisotopic (exact) mass is 591 g/mol. The molecule has 1 unspecified atom stereocenters. The number of H-pyrrole nitrogens is 1. The summed E-state index contributed by atoms with van der Waals surface area (Å²) < 4.78 is 80.5. The van der Waals surface area contributed by atoms with Gasteiger partial charge in [0.2, 0.25) is 5.91 Å². The largest absolute Gasteiger partial charge is 0.508 e. The minimum absolute atomic E-state index is 0.0333. The molecule has 1 aromatic heterocycles. The molecule has 4 N–H and O–H groups in total. The van der Waals surface area contributed by atoms with Crippen LogP contribution in [-0.2, 0) is 23.6 Å². The highest BCUT2D eigenvalue weighted by Crippen LogP contribution is 2.37. The van der Waals surface area contributed by atoms with E-state index in [1.165, 1.54) is 25.3 Å². The molecule has 0 aliphatic rings. The third kappa shape index (κ3) is 6.85. The number of para-hydroxylation sites is 1. The topological polar surface area (TPSA) is 106 Å². The van der Waals surface area contributed by atoms with Crippen molar-refractivity contribution in [1.29, 1.82) is 0 Å². The van der Waals surface area contributed by atoms with Crippen LogP contribution in [0.1, 0.15) is 27.0 Å². The lowest BCUT2D eigenvalue weighted by molar-refractivity contribution is -0.143. The van der Waals surface area contributed by atoms with Gasteiger partial charge in [0.05, 0.1) is 22.9 Å². The van der Waals surface area contributed by atoms with Crippen molar-refractivity contribution in [3.05, 3.63) is 101 Å². The fourth-order valence-corrected chi connectivity index (χ4v) is 4.29. The minimum atomic E-state index is -5.14. The van der Waals surface area contributed by atoms with Gasteiger partial charge in [0.25, 0.3) is 5.91 Å². The number of aromatic hydroxyl groups is 2. The Bertz CT molecular complexity index is 1630. The Balaban J connectivity index is 1.69. The van der Waals surface area contributed by atoms with Crippen molar-refractivity contribution in [1.82, 2.24) is 9.88 Å². The van der Waals surface area contributed by atoms with Gasteiger partial charge in [0.1, 0.15) is 11.5 Å². The molecular formula is C29H23F6N3O4. The van der Waals surface area contributed by atoms with Gasteiger partial charge in [-0.15, -0.1) is 0 Å². The van der Waals surface area contributed by atoms with E-state index < -0.39 is 52.6 Å². The average molecular weight is 592 g/mol. The fraction of sp³-hybridized carbons (Fsp3) is 0.172. The molecule has 13 heteroatoms. The Hall–Kier alpha value is -4.94. The molecule has 7 nitrogen and oxygen atoms in total. The number of carbonyl (C=O) groups is 2. The Kier molecular flexibility index (Phi) is 8.23. The van der Waals surface area contributed by atoms with Crippen LogP contribution in [0.3, 0.4) is 0 Å². The standard InChI is InChI=1S/C29H23F6N3O4/c1-38(27(42)16-10-18(28(30,31)32)13-19(11-16)29(33,34)35)20(12-17-15-36-23-5-3-2-4-22(17)23)6-9-26(41)37-24-8-7-21(39)14-25(24)40/h2-11,13-15,20,36,39-40H,12H2,1H3,(H,37,41). The third-order valence-electron chi connectivity index (χ3n) is 6.47. The maximum atomic E-state index is 13.4. The van der Waals surface area contributed by atoms with Gasteiger partial charge in [-0.05, 0) is 48.4 Å². The summed E-state index contributed by atoms with van der Waals surface area (Å²) in [6.07, 6.45) is -6.32. The van der Waals surface area contributed by atoms with E-state index in [2.05, 4.69) is 10.3 Å². The van der Waals surface area contributed by atoms with E-state index in [4.69, 9.17) is 0 Å². The first-order valence-electron chi connectivity index (χ1n) is 12.3. The molecule has 4 aromatic rings. The molecule has 220 valence electrons. The Labute approximate surface area is 234 Å². The van der Waals surface area contributed by atoms with Crippen molar-refractivity contribution in [2.45, 2.75) is 24.8 Å². The summed E-state index contributed by atoms with van der Waals surface area (Å²) in [6, 6.07) is 10.2. The molecule has 0 radical (unpaired) electrons. The number of hydrogen-bond donors (Lipinski definition) is 4. The van der Waals surface area contributed by atoms with E-state index in [-0.39, 0.29) is 23.9 Å². The number of halogens is 6. The van der Waals surface area contributed by atoms with Crippen LogP contribution in [0.2, 0.25) is 0 Å². The van der Waals surface area contributed by atoms with Crippen LogP contribution in [0.25, 0.3) is 10.9 Å². The molecular weight excluding hydrogens is 568 g/mol. The molecule has 0 spiro atoms. The van der Waals surface area contributed by atoms with E-state index in [9.17, 15) is 46.1 Å². The second-order valence-electron chi connectivity index (χ2n) is 9.39. The highest BCUT2D eigenvalue weighted by molar-refractivity contribution is 6.00. The molecule has 0 bridgehead atoms. The molecule has 0 saturated heterocycles. The zero-order chi connectivity index (χ0) is 30.8. The summed E-state index contributed by atoms with van der Waals surface area (Å²) in [5, 5.41) is 22.5. The maximum absolute atomic E-state index is 13.4. The average Bonchev–Trinajstić information content (AvgIpc) is 3.33. The molecule has 42 heavy (non-hydrogen) atoms. The predicted octanol–water partition coefficient (Wildman–Crippen LogP) is 6.49. The number of alkyl halides is 6. The summed E-state index contributed by atoms with van der Waals surface area (Å²) in [4.78, 5) is 29.9. The number of fused-ring (bicyclic) bond motifs is 1. The van der Waals surface area contributed by atoms with Gasteiger partial charge in [-0.2, -0.15) is 26.3 Å². The third-order valence-corrected chi connectivity index (χ3v) is 6.47. The number of rotatable bonds is 7. The first kappa shape index (κ1) is 30.0. The number of nitrogens with zero attached hydrogens (tertiary/aromatic N) is 1. The Morgan fingerprint density at radius 1 is 0.952 bits per heavy atom. The second kappa shape index (κ2) is 11.5. The zero-order valence-corrected chi connectivity index (χ0v) is 21.7. The molecule has 0 aliphatic heterocycles. The number of phenolic OH excluding ortho intramolecular Hbond substituents is 2. The van der Waals surface area contributed by atoms with Crippen LogP contribution < -0.4 is 5.32 Å². The number of aromatic nitrogens is 1. The number of carbonyl (C=O) groups excluding carboxylic acids is 2. The van der Waals surface area contributed by atoms with Crippen LogP contribution in [0.5, 0.6) is 11.5 Å². The van der Waals surface area contributed by atoms with Gasteiger partial charge in [0.15, 0.2) is 0 Å². The number of amides is 2. The maximum Gasteiger partial charge on any atom is 0.416 e. The zero-order valence-electron chi connectivity index (χ0n) is 21.7. The first-order chi connectivity index (χ1) is 19.6. The lowest BCUT2D eigenvalue weighted by Crippen LogP contribution is -2.37. The highest BCUT2D eigenvalue weighted by Gasteiger charge is 2.38. The van der Waals surface area contributed by atoms with Gasteiger partial charge in [-0.25, -0.2) is 0 Å². The van der Waals surface area contributed by atoms with Crippen molar-refractivity contribution in [2.75, 3.05) is 12.4 Å². The normalized spacial score (nSPS) is 12.9. The number of likely N-dealkylation sites (N-methyl/N-ethyl adjacent to an activating group) is 1. The summed E-state index contributed by atoms with van der Waals surface area (Å²) in [7, 11) is 1.20.